The fourth-order valence-corrected chi connectivity index (χ4v) is 3.84. The van der Waals surface area contributed by atoms with Crippen molar-refractivity contribution in [3.8, 4) is 0 Å². The number of carbonyl (C=O) groups excluding carboxylic acids is 2. The van der Waals surface area contributed by atoms with Crippen molar-refractivity contribution >= 4 is 17.9 Å². The van der Waals surface area contributed by atoms with Crippen LogP contribution in [0.15, 0.2) is 17.1 Å². The number of hydrogen-bond donors (Lipinski definition) is 1. The number of nitrogens with one attached hydrogen (secondary N) is 1. The Morgan fingerprint density at radius 3 is 2.64 bits per heavy atom. The van der Waals surface area contributed by atoms with Crippen molar-refractivity contribution in [3.63, 3.8) is 0 Å². The molecule has 1 heterocycles. The minimum absolute atomic E-state index is 0.101. The van der Waals surface area contributed by atoms with Gasteiger partial charge in [0.15, 0.2) is 0 Å². The summed E-state index contributed by atoms with van der Waals surface area (Å²) in [6.45, 7) is 4.63. The van der Waals surface area contributed by atoms with E-state index in [2.05, 4.69) is 23.3 Å². The van der Waals surface area contributed by atoms with Gasteiger partial charge in [0.05, 0.1) is 11.3 Å². The predicted molar refractivity (Wildman–Crippen MR) is 98.5 cm³/mol. The smallest absolute Gasteiger partial charge is 0.253 e. The van der Waals surface area contributed by atoms with Crippen LogP contribution in [0.5, 0.6) is 0 Å². The summed E-state index contributed by atoms with van der Waals surface area (Å²) >= 11 is 0. The van der Waals surface area contributed by atoms with Crippen molar-refractivity contribution in [2.45, 2.75) is 58.8 Å². The molecule has 0 radical (unpaired) electrons. The Bertz CT molecular complexity index is 776. The first-order valence-corrected chi connectivity index (χ1v) is 9.51. The minimum Gasteiger partial charge on any atom is -0.356 e. The first kappa shape index (κ1) is 17.8. The van der Waals surface area contributed by atoms with E-state index in [-0.39, 0.29) is 17.7 Å². The Kier molecular flexibility index (Phi) is 5.67. The van der Waals surface area contributed by atoms with E-state index in [4.69, 9.17) is 0 Å². The van der Waals surface area contributed by atoms with Gasteiger partial charge in [-0.15, -0.1) is 0 Å². The van der Waals surface area contributed by atoms with Gasteiger partial charge < -0.3 is 5.32 Å². The molecule has 1 aromatic carbocycles. The van der Waals surface area contributed by atoms with E-state index in [1.807, 2.05) is 19.1 Å². The van der Waals surface area contributed by atoms with E-state index in [1.165, 1.54) is 31.2 Å². The van der Waals surface area contributed by atoms with Crippen molar-refractivity contribution in [1.29, 1.82) is 0 Å². The second-order valence-corrected chi connectivity index (χ2v) is 7.55. The Hall–Kier alpha value is -1.97. The third-order valence-electron chi connectivity index (χ3n) is 5.60. The van der Waals surface area contributed by atoms with Gasteiger partial charge in [-0.2, -0.15) is 0 Å². The van der Waals surface area contributed by atoms with Gasteiger partial charge in [0.25, 0.3) is 5.91 Å². The zero-order valence-electron chi connectivity index (χ0n) is 15.3. The molecule has 1 unspecified atom stereocenters. The fraction of sp³-hybridized carbons (Fsp3) is 0.571. The first-order chi connectivity index (χ1) is 12.0. The van der Waals surface area contributed by atoms with Crippen LogP contribution < -0.4 is 15.9 Å². The lowest BCUT2D eigenvalue weighted by atomic mass is 9.98. The normalized spacial score (nSPS) is 19.9. The molecule has 4 nitrogen and oxygen atoms in total. The van der Waals surface area contributed by atoms with Crippen LogP contribution in [0.4, 0.5) is 0 Å². The summed E-state index contributed by atoms with van der Waals surface area (Å²) in [5, 5.41) is 4.76. The molecule has 1 fully saturated rings. The molecule has 1 aromatic rings. The molecular weight excluding hydrogens is 312 g/mol. The molecule has 1 aliphatic heterocycles. The van der Waals surface area contributed by atoms with Crippen LogP contribution in [0, 0.1) is 25.7 Å². The maximum atomic E-state index is 12.2. The number of aryl methyl sites for hydroxylation is 2. The van der Waals surface area contributed by atoms with Crippen molar-refractivity contribution in [3.05, 3.63) is 33.8 Å². The van der Waals surface area contributed by atoms with Crippen LogP contribution in [0.2, 0.25) is 0 Å². The fourth-order valence-electron chi connectivity index (χ4n) is 3.84. The van der Waals surface area contributed by atoms with Crippen molar-refractivity contribution in [2.24, 2.45) is 16.8 Å². The van der Waals surface area contributed by atoms with Crippen molar-refractivity contribution in [1.82, 2.24) is 5.32 Å². The maximum Gasteiger partial charge on any atom is 0.253 e. The minimum atomic E-state index is -0.232. The van der Waals surface area contributed by atoms with E-state index in [0.717, 1.165) is 28.5 Å². The first-order valence-electron chi connectivity index (χ1n) is 9.51. The predicted octanol–water partition coefficient (Wildman–Crippen LogP) is 2.34. The topological polar surface area (TPSA) is 58.5 Å². The van der Waals surface area contributed by atoms with E-state index in [9.17, 15) is 9.59 Å². The summed E-state index contributed by atoms with van der Waals surface area (Å²) in [7, 11) is 0. The van der Waals surface area contributed by atoms with E-state index >= 15 is 0 Å². The summed E-state index contributed by atoms with van der Waals surface area (Å²) in [6.07, 6.45) is 9.41. The number of nitrogens with zero attached hydrogens (tertiary/aromatic N) is 1. The lowest BCUT2D eigenvalue weighted by Crippen LogP contribution is -2.36. The van der Waals surface area contributed by atoms with Crippen LogP contribution in [-0.4, -0.2) is 18.4 Å². The molecule has 1 aliphatic carbocycles. The summed E-state index contributed by atoms with van der Waals surface area (Å²) in [5.41, 5.74) is 2.36. The van der Waals surface area contributed by atoms with Gasteiger partial charge >= 0.3 is 0 Å². The number of benzene rings is 1. The van der Waals surface area contributed by atoms with Gasteiger partial charge in [-0.25, -0.2) is 4.99 Å². The standard InChI is InChI=1S/C21H28N2O2/c1-14-11-18-13-17(21(25)23-19(18)12-15(14)2)9-10-22-20(24)8-7-16-5-3-4-6-16/h11-13,16-17H,3-10H2,1-2H3,(H,22,24). The highest BCUT2D eigenvalue weighted by molar-refractivity contribution is 5.86. The summed E-state index contributed by atoms with van der Waals surface area (Å²) in [4.78, 5) is 28.4. The van der Waals surface area contributed by atoms with E-state index in [0.29, 0.717) is 19.4 Å². The number of fused-ring (bicyclic) bond motifs is 1. The molecule has 134 valence electrons. The quantitative estimate of drug-likeness (QED) is 0.864. The Balaban J connectivity index is 1.51. The second-order valence-electron chi connectivity index (χ2n) is 7.55. The van der Waals surface area contributed by atoms with Gasteiger partial charge in [-0.1, -0.05) is 31.8 Å². The zero-order valence-corrected chi connectivity index (χ0v) is 15.3. The molecule has 1 atom stereocenters. The SMILES string of the molecule is Cc1cc2c(cc1C)=NC(=O)C(CCNC(=O)CCC1CCCC1)C=2. The third-order valence-corrected chi connectivity index (χ3v) is 5.60. The average Bonchev–Trinajstić information content (AvgIpc) is 3.09. The maximum absolute atomic E-state index is 12.2. The zero-order chi connectivity index (χ0) is 17.8. The molecule has 0 bridgehead atoms. The van der Waals surface area contributed by atoms with Crippen LogP contribution in [0.3, 0.4) is 0 Å². The van der Waals surface area contributed by atoms with Crippen LogP contribution in [-0.2, 0) is 9.59 Å². The number of hydrogen-bond acceptors (Lipinski definition) is 2. The number of rotatable bonds is 6. The van der Waals surface area contributed by atoms with Crippen LogP contribution in [0.1, 0.15) is 56.1 Å². The largest absolute Gasteiger partial charge is 0.356 e. The molecule has 2 aliphatic rings. The molecule has 4 heteroatoms. The molecular formula is C21H28N2O2. The van der Waals surface area contributed by atoms with Gasteiger partial charge in [0.2, 0.25) is 5.91 Å². The highest BCUT2D eigenvalue weighted by Crippen LogP contribution is 2.28. The Morgan fingerprint density at radius 2 is 1.88 bits per heavy atom. The van der Waals surface area contributed by atoms with Gasteiger partial charge in [-0.05, 0) is 61.1 Å². The summed E-state index contributed by atoms with van der Waals surface area (Å²) < 4.78 is 0. The molecule has 3 rings (SSSR count). The van der Waals surface area contributed by atoms with Gasteiger partial charge in [-0.3, -0.25) is 9.59 Å². The lowest BCUT2D eigenvalue weighted by Gasteiger charge is -2.14. The number of carbonyl (C=O) groups is 2. The molecule has 1 saturated carbocycles. The highest BCUT2D eigenvalue weighted by Gasteiger charge is 2.19. The molecule has 2 amide bonds. The lowest BCUT2D eigenvalue weighted by molar-refractivity contribution is -0.122. The summed E-state index contributed by atoms with van der Waals surface area (Å²) in [5.74, 6) is 0.515. The van der Waals surface area contributed by atoms with Crippen LogP contribution in [0.25, 0.3) is 6.08 Å². The average molecular weight is 340 g/mol. The van der Waals surface area contributed by atoms with E-state index in [1.54, 1.807) is 0 Å². The molecule has 0 spiro atoms. The monoisotopic (exact) mass is 340 g/mol. The molecule has 0 saturated heterocycles. The van der Waals surface area contributed by atoms with Gasteiger partial charge in [0.1, 0.15) is 0 Å². The Labute approximate surface area is 149 Å². The second kappa shape index (κ2) is 7.94. The highest BCUT2D eigenvalue weighted by atomic mass is 16.2. The summed E-state index contributed by atoms with van der Waals surface area (Å²) in [6, 6.07) is 4.06. The third kappa shape index (κ3) is 4.56. The molecule has 1 N–H and O–H groups in total. The molecule has 0 aromatic heterocycles. The number of amides is 2. The Morgan fingerprint density at radius 1 is 1.16 bits per heavy atom. The van der Waals surface area contributed by atoms with Crippen molar-refractivity contribution < 1.29 is 9.59 Å². The molecule has 25 heavy (non-hydrogen) atoms. The van der Waals surface area contributed by atoms with Crippen LogP contribution >= 0.6 is 0 Å². The van der Waals surface area contributed by atoms with Crippen molar-refractivity contribution in [2.75, 3.05) is 6.54 Å². The van der Waals surface area contributed by atoms with Gasteiger partial charge in [0, 0.05) is 13.0 Å². The van der Waals surface area contributed by atoms with E-state index < -0.39 is 0 Å².